The van der Waals surface area contributed by atoms with Crippen LogP contribution in [0.3, 0.4) is 0 Å². The van der Waals surface area contributed by atoms with Gasteiger partial charge in [0.05, 0.1) is 13.2 Å². The monoisotopic (exact) mass is 340 g/mol. The molecule has 1 saturated heterocycles. The van der Waals surface area contributed by atoms with Crippen LogP contribution in [0.2, 0.25) is 0 Å². The fourth-order valence-corrected chi connectivity index (χ4v) is 4.36. The molecule has 2 aromatic heterocycles. The topological polar surface area (TPSA) is 84.4 Å². The van der Waals surface area contributed by atoms with Crippen LogP contribution in [-0.4, -0.2) is 44.9 Å². The van der Waals surface area contributed by atoms with Crippen LogP contribution in [0.1, 0.15) is 4.88 Å². The molecule has 0 amide bonds. The standard InChI is InChI=1S/C13H16N4O3S2/c1-10-2-5-13(21-10)22(18,19)16-11-3-4-12(15-14-11)17-6-8-20-9-7-17/h2-5H,6-9H2,1H3,(H,14,16). The van der Waals surface area contributed by atoms with Crippen molar-refractivity contribution in [1.82, 2.24) is 10.2 Å². The zero-order valence-electron chi connectivity index (χ0n) is 12.0. The number of aryl methyl sites for hydroxylation is 1. The summed E-state index contributed by atoms with van der Waals surface area (Å²) in [6.07, 6.45) is 0. The molecule has 0 atom stereocenters. The van der Waals surface area contributed by atoms with Gasteiger partial charge in [-0.1, -0.05) is 0 Å². The minimum atomic E-state index is -3.60. The van der Waals surface area contributed by atoms with E-state index in [1.807, 2.05) is 6.92 Å². The van der Waals surface area contributed by atoms with Gasteiger partial charge in [-0.2, -0.15) is 0 Å². The SMILES string of the molecule is Cc1ccc(S(=O)(=O)Nc2ccc(N3CCOCC3)nn2)s1. The van der Waals surface area contributed by atoms with Crippen molar-refractivity contribution in [3.63, 3.8) is 0 Å². The molecule has 7 nitrogen and oxygen atoms in total. The molecule has 22 heavy (non-hydrogen) atoms. The van der Waals surface area contributed by atoms with Crippen molar-refractivity contribution in [3.05, 3.63) is 29.1 Å². The van der Waals surface area contributed by atoms with Crippen molar-refractivity contribution in [2.75, 3.05) is 35.9 Å². The molecular weight excluding hydrogens is 324 g/mol. The highest BCUT2D eigenvalue weighted by Crippen LogP contribution is 2.23. The molecule has 3 rings (SSSR count). The van der Waals surface area contributed by atoms with E-state index in [4.69, 9.17) is 4.74 Å². The molecule has 0 bridgehead atoms. The van der Waals surface area contributed by atoms with Gasteiger partial charge in [0.2, 0.25) is 0 Å². The maximum absolute atomic E-state index is 12.2. The van der Waals surface area contributed by atoms with Crippen LogP contribution < -0.4 is 9.62 Å². The lowest BCUT2D eigenvalue weighted by molar-refractivity contribution is 0.122. The quantitative estimate of drug-likeness (QED) is 0.908. The number of ether oxygens (including phenoxy) is 1. The van der Waals surface area contributed by atoms with Crippen molar-refractivity contribution >= 4 is 33.0 Å². The molecule has 0 unspecified atom stereocenters. The first-order valence-electron chi connectivity index (χ1n) is 6.80. The van der Waals surface area contributed by atoms with Gasteiger partial charge >= 0.3 is 0 Å². The Balaban J connectivity index is 1.73. The predicted molar refractivity (Wildman–Crippen MR) is 84.9 cm³/mol. The van der Waals surface area contributed by atoms with Crippen molar-refractivity contribution < 1.29 is 13.2 Å². The lowest BCUT2D eigenvalue weighted by atomic mass is 10.4. The molecule has 0 aromatic carbocycles. The highest BCUT2D eigenvalue weighted by molar-refractivity contribution is 7.94. The number of morpholine rings is 1. The molecule has 1 N–H and O–H groups in total. The Hall–Kier alpha value is -1.71. The Morgan fingerprint density at radius 1 is 1.18 bits per heavy atom. The Morgan fingerprint density at radius 3 is 2.55 bits per heavy atom. The number of rotatable bonds is 4. The van der Waals surface area contributed by atoms with E-state index >= 15 is 0 Å². The van der Waals surface area contributed by atoms with Crippen LogP contribution in [0.4, 0.5) is 11.6 Å². The van der Waals surface area contributed by atoms with E-state index in [-0.39, 0.29) is 10.0 Å². The second kappa shape index (κ2) is 6.19. The average Bonchev–Trinajstić information content (AvgIpc) is 2.96. The molecule has 0 aliphatic carbocycles. The molecule has 118 valence electrons. The maximum Gasteiger partial charge on any atom is 0.272 e. The summed E-state index contributed by atoms with van der Waals surface area (Å²) in [6, 6.07) is 6.73. The summed E-state index contributed by atoms with van der Waals surface area (Å²) < 4.78 is 32.4. The zero-order valence-corrected chi connectivity index (χ0v) is 13.7. The summed E-state index contributed by atoms with van der Waals surface area (Å²) in [5.41, 5.74) is 0. The molecule has 2 aromatic rings. The molecule has 1 aliphatic heterocycles. The van der Waals surface area contributed by atoms with Crippen LogP contribution in [0, 0.1) is 6.92 Å². The Bertz CT molecular complexity index is 737. The molecular formula is C13H16N4O3S2. The molecule has 9 heteroatoms. The van der Waals surface area contributed by atoms with Crippen molar-refractivity contribution in [2.45, 2.75) is 11.1 Å². The molecule has 3 heterocycles. The lowest BCUT2D eigenvalue weighted by Crippen LogP contribution is -2.36. The number of nitrogens with one attached hydrogen (secondary N) is 1. The van der Waals surface area contributed by atoms with Crippen LogP contribution in [0.15, 0.2) is 28.5 Å². The largest absolute Gasteiger partial charge is 0.378 e. The van der Waals surface area contributed by atoms with E-state index in [0.717, 1.165) is 23.8 Å². The number of hydrogen-bond donors (Lipinski definition) is 1. The fraction of sp³-hybridized carbons (Fsp3) is 0.385. The lowest BCUT2D eigenvalue weighted by Gasteiger charge is -2.27. The van der Waals surface area contributed by atoms with Gasteiger partial charge in [0, 0.05) is 18.0 Å². The van der Waals surface area contributed by atoms with E-state index in [1.165, 1.54) is 11.3 Å². The normalized spacial score (nSPS) is 15.8. The molecule has 1 aliphatic rings. The summed E-state index contributed by atoms with van der Waals surface area (Å²) in [4.78, 5) is 2.99. The number of sulfonamides is 1. The molecule has 1 fully saturated rings. The summed E-state index contributed by atoms with van der Waals surface area (Å²) in [5, 5.41) is 8.04. The first-order valence-corrected chi connectivity index (χ1v) is 9.10. The second-order valence-corrected chi connectivity index (χ2v) is 8.04. The van der Waals surface area contributed by atoms with Crippen LogP contribution in [-0.2, 0) is 14.8 Å². The van der Waals surface area contributed by atoms with Crippen LogP contribution >= 0.6 is 11.3 Å². The van der Waals surface area contributed by atoms with Crippen molar-refractivity contribution in [1.29, 1.82) is 0 Å². The number of thiophene rings is 1. The minimum absolute atomic E-state index is 0.211. The average molecular weight is 340 g/mol. The van der Waals surface area contributed by atoms with Gasteiger partial charge in [-0.25, -0.2) is 8.42 Å². The highest BCUT2D eigenvalue weighted by Gasteiger charge is 2.18. The van der Waals surface area contributed by atoms with Crippen LogP contribution in [0.5, 0.6) is 0 Å². The van der Waals surface area contributed by atoms with Gasteiger partial charge in [-0.15, -0.1) is 21.5 Å². The first-order chi connectivity index (χ1) is 10.5. The van der Waals surface area contributed by atoms with Gasteiger partial charge < -0.3 is 9.64 Å². The number of aromatic nitrogens is 2. The summed E-state index contributed by atoms with van der Waals surface area (Å²) in [6.45, 7) is 4.70. The van der Waals surface area contributed by atoms with E-state index in [0.29, 0.717) is 13.2 Å². The molecule has 0 saturated carbocycles. The third-order valence-electron chi connectivity index (χ3n) is 3.21. The molecule has 0 radical (unpaired) electrons. The van der Waals surface area contributed by atoms with E-state index in [1.54, 1.807) is 24.3 Å². The van der Waals surface area contributed by atoms with Gasteiger partial charge in [0.15, 0.2) is 11.6 Å². The summed E-state index contributed by atoms with van der Waals surface area (Å²) in [7, 11) is -3.60. The molecule has 0 spiro atoms. The van der Waals surface area contributed by atoms with Crippen molar-refractivity contribution in [2.24, 2.45) is 0 Å². The maximum atomic E-state index is 12.2. The smallest absolute Gasteiger partial charge is 0.272 e. The minimum Gasteiger partial charge on any atom is -0.378 e. The second-order valence-electron chi connectivity index (χ2n) is 4.85. The third kappa shape index (κ3) is 3.37. The van der Waals surface area contributed by atoms with Gasteiger partial charge in [-0.3, -0.25) is 4.72 Å². The third-order valence-corrected chi connectivity index (χ3v) is 6.05. The summed E-state index contributed by atoms with van der Waals surface area (Å²) >= 11 is 1.22. The Kier molecular flexibility index (Phi) is 4.27. The van der Waals surface area contributed by atoms with Crippen LogP contribution in [0.25, 0.3) is 0 Å². The van der Waals surface area contributed by atoms with E-state index in [2.05, 4.69) is 19.8 Å². The fourth-order valence-electron chi connectivity index (χ4n) is 2.09. The zero-order chi connectivity index (χ0) is 15.6. The van der Waals surface area contributed by atoms with Gasteiger partial charge in [-0.05, 0) is 31.2 Å². The number of nitrogens with zero attached hydrogens (tertiary/aromatic N) is 3. The Labute approximate surface area is 133 Å². The number of hydrogen-bond acceptors (Lipinski definition) is 7. The first kappa shape index (κ1) is 15.2. The summed E-state index contributed by atoms with van der Waals surface area (Å²) in [5.74, 6) is 0.932. The van der Waals surface area contributed by atoms with Gasteiger partial charge in [0.1, 0.15) is 4.21 Å². The highest BCUT2D eigenvalue weighted by atomic mass is 32.2. The number of anilines is 2. The predicted octanol–water partition coefficient (Wildman–Crippen LogP) is 1.48. The van der Waals surface area contributed by atoms with E-state index in [9.17, 15) is 8.42 Å². The van der Waals surface area contributed by atoms with Gasteiger partial charge in [0.25, 0.3) is 10.0 Å². The Morgan fingerprint density at radius 2 is 1.95 bits per heavy atom. The van der Waals surface area contributed by atoms with Crippen molar-refractivity contribution in [3.8, 4) is 0 Å². The van der Waals surface area contributed by atoms with E-state index < -0.39 is 10.0 Å².